The zero-order valence-corrected chi connectivity index (χ0v) is 9.76. The first-order valence-electron chi connectivity index (χ1n) is 4.90. The van der Waals surface area contributed by atoms with Gasteiger partial charge in [0.15, 0.2) is 0 Å². The molecule has 0 spiro atoms. The standard InChI is InChI=1S/C11H14FNO.CH2O/c1-4-13-11(14)10-7(2)5-6-9(12)8(10)3;1-2/h5-6H,4H2,1-3H3,(H,13,14);1H2. The highest BCUT2D eigenvalue weighted by Gasteiger charge is 2.13. The van der Waals surface area contributed by atoms with E-state index in [9.17, 15) is 9.18 Å². The van der Waals surface area contributed by atoms with Gasteiger partial charge in [-0.1, -0.05) is 6.07 Å². The van der Waals surface area contributed by atoms with Crippen LogP contribution in [0.2, 0.25) is 0 Å². The van der Waals surface area contributed by atoms with Crippen molar-refractivity contribution in [2.45, 2.75) is 20.8 Å². The molecule has 0 fully saturated rings. The van der Waals surface area contributed by atoms with Crippen molar-refractivity contribution in [3.63, 3.8) is 0 Å². The fourth-order valence-electron chi connectivity index (χ4n) is 1.42. The first-order chi connectivity index (χ1) is 7.57. The van der Waals surface area contributed by atoms with Crippen molar-refractivity contribution in [2.75, 3.05) is 6.54 Å². The Kier molecular flexibility index (Phi) is 6.00. The third kappa shape index (κ3) is 3.15. The minimum atomic E-state index is -0.336. The molecule has 4 heteroatoms. The zero-order valence-electron chi connectivity index (χ0n) is 9.76. The van der Waals surface area contributed by atoms with E-state index in [-0.39, 0.29) is 11.7 Å². The Morgan fingerprint density at radius 3 is 2.44 bits per heavy atom. The second-order valence-electron chi connectivity index (χ2n) is 3.22. The lowest BCUT2D eigenvalue weighted by molar-refractivity contribution is -0.0979. The Labute approximate surface area is 94.7 Å². The summed E-state index contributed by atoms with van der Waals surface area (Å²) in [4.78, 5) is 19.6. The maximum Gasteiger partial charge on any atom is 0.251 e. The van der Waals surface area contributed by atoms with Crippen molar-refractivity contribution < 1.29 is 14.0 Å². The summed E-state index contributed by atoms with van der Waals surface area (Å²) in [6.07, 6.45) is 0. The van der Waals surface area contributed by atoms with E-state index in [1.165, 1.54) is 6.07 Å². The minimum absolute atomic E-state index is 0.206. The van der Waals surface area contributed by atoms with Gasteiger partial charge in [-0.05, 0) is 38.0 Å². The summed E-state index contributed by atoms with van der Waals surface area (Å²) in [5.74, 6) is -0.543. The molecular formula is C12H16FNO2. The number of aryl methyl sites for hydroxylation is 1. The molecule has 0 atom stereocenters. The molecule has 0 saturated heterocycles. The van der Waals surface area contributed by atoms with Crippen LogP contribution in [0, 0.1) is 19.7 Å². The number of carbonyl (C=O) groups is 2. The Balaban J connectivity index is 0.00000106. The van der Waals surface area contributed by atoms with Crippen LogP contribution >= 0.6 is 0 Å². The molecule has 0 unspecified atom stereocenters. The van der Waals surface area contributed by atoms with Crippen molar-refractivity contribution in [3.8, 4) is 0 Å². The molecule has 0 aliphatic rings. The molecule has 0 radical (unpaired) electrons. The summed E-state index contributed by atoms with van der Waals surface area (Å²) in [6.45, 7) is 7.81. The van der Waals surface area contributed by atoms with E-state index < -0.39 is 0 Å². The Bertz CT molecular complexity index is 378. The topological polar surface area (TPSA) is 46.2 Å². The molecule has 3 nitrogen and oxygen atoms in total. The molecule has 88 valence electrons. The molecular weight excluding hydrogens is 209 g/mol. The molecule has 1 amide bonds. The van der Waals surface area contributed by atoms with Crippen molar-refractivity contribution in [2.24, 2.45) is 0 Å². The summed E-state index contributed by atoms with van der Waals surface area (Å²) in [6, 6.07) is 3.00. The highest BCUT2D eigenvalue weighted by Crippen LogP contribution is 2.16. The van der Waals surface area contributed by atoms with Gasteiger partial charge >= 0.3 is 0 Å². The summed E-state index contributed by atoms with van der Waals surface area (Å²) in [5.41, 5.74) is 1.66. The monoisotopic (exact) mass is 225 g/mol. The first kappa shape index (κ1) is 14.3. The third-order valence-electron chi connectivity index (χ3n) is 2.17. The van der Waals surface area contributed by atoms with Crippen LogP contribution in [0.5, 0.6) is 0 Å². The number of halogens is 1. The van der Waals surface area contributed by atoms with Crippen LogP contribution in [0.25, 0.3) is 0 Å². The van der Waals surface area contributed by atoms with Crippen molar-refractivity contribution in [3.05, 3.63) is 34.6 Å². The predicted octanol–water partition coefficient (Wildman–Crippen LogP) is 2.01. The smallest absolute Gasteiger partial charge is 0.251 e. The molecule has 1 aromatic rings. The molecule has 0 bridgehead atoms. The van der Waals surface area contributed by atoms with Crippen LogP contribution in [-0.2, 0) is 4.79 Å². The van der Waals surface area contributed by atoms with Gasteiger partial charge < -0.3 is 10.1 Å². The van der Waals surface area contributed by atoms with Gasteiger partial charge in [0.1, 0.15) is 12.6 Å². The molecule has 0 aliphatic carbocycles. The van der Waals surface area contributed by atoms with E-state index in [2.05, 4.69) is 5.32 Å². The van der Waals surface area contributed by atoms with Gasteiger partial charge in [0.05, 0.1) is 0 Å². The lowest BCUT2D eigenvalue weighted by Crippen LogP contribution is -2.24. The first-order valence-corrected chi connectivity index (χ1v) is 4.90. The largest absolute Gasteiger partial charge is 0.352 e. The molecule has 0 saturated carbocycles. The number of rotatable bonds is 2. The quantitative estimate of drug-likeness (QED) is 0.836. The second-order valence-corrected chi connectivity index (χ2v) is 3.22. The van der Waals surface area contributed by atoms with Crippen LogP contribution in [0.1, 0.15) is 28.4 Å². The number of carbonyl (C=O) groups excluding carboxylic acids is 2. The Morgan fingerprint density at radius 1 is 1.38 bits per heavy atom. The molecule has 0 heterocycles. The van der Waals surface area contributed by atoms with Crippen LogP contribution in [0.15, 0.2) is 12.1 Å². The molecule has 0 aromatic heterocycles. The maximum absolute atomic E-state index is 13.2. The molecule has 1 aromatic carbocycles. The lowest BCUT2D eigenvalue weighted by Gasteiger charge is -2.09. The molecule has 1 N–H and O–H groups in total. The van der Waals surface area contributed by atoms with Gasteiger partial charge in [-0.3, -0.25) is 4.79 Å². The maximum atomic E-state index is 13.2. The van der Waals surface area contributed by atoms with Gasteiger partial charge in [0.25, 0.3) is 5.91 Å². The van der Waals surface area contributed by atoms with Crippen molar-refractivity contribution >= 4 is 12.7 Å². The van der Waals surface area contributed by atoms with Gasteiger partial charge in [-0.15, -0.1) is 0 Å². The molecule has 16 heavy (non-hydrogen) atoms. The number of amides is 1. The fraction of sp³-hybridized carbons (Fsp3) is 0.333. The lowest BCUT2D eigenvalue weighted by atomic mass is 10.0. The molecule has 1 rings (SSSR count). The highest BCUT2D eigenvalue weighted by atomic mass is 19.1. The zero-order chi connectivity index (χ0) is 12.7. The van der Waals surface area contributed by atoms with E-state index in [1.807, 2.05) is 13.7 Å². The van der Waals surface area contributed by atoms with Gasteiger partial charge in [-0.2, -0.15) is 0 Å². The highest BCUT2D eigenvalue weighted by molar-refractivity contribution is 5.97. The summed E-state index contributed by atoms with van der Waals surface area (Å²) in [7, 11) is 0. The van der Waals surface area contributed by atoms with Gasteiger partial charge in [0.2, 0.25) is 0 Å². The van der Waals surface area contributed by atoms with E-state index in [4.69, 9.17) is 4.79 Å². The number of benzene rings is 1. The van der Waals surface area contributed by atoms with Gasteiger partial charge in [0, 0.05) is 12.1 Å². The van der Waals surface area contributed by atoms with E-state index in [0.29, 0.717) is 17.7 Å². The average molecular weight is 225 g/mol. The van der Waals surface area contributed by atoms with Gasteiger partial charge in [-0.25, -0.2) is 4.39 Å². The van der Waals surface area contributed by atoms with E-state index in [0.717, 1.165) is 5.56 Å². The van der Waals surface area contributed by atoms with Crippen molar-refractivity contribution in [1.82, 2.24) is 5.32 Å². The third-order valence-corrected chi connectivity index (χ3v) is 2.17. The normalized spacial score (nSPS) is 9.00. The SMILES string of the molecule is C=O.CCNC(=O)c1c(C)ccc(F)c1C. The average Bonchev–Trinajstić information content (AvgIpc) is 2.27. The van der Waals surface area contributed by atoms with Crippen LogP contribution < -0.4 is 5.32 Å². The second kappa shape index (κ2) is 6.71. The number of hydrogen-bond donors (Lipinski definition) is 1. The fourth-order valence-corrected chi connectivity index (χ4v) is 1.42. The summed E-state index contributed by atoms with van der Waals surface area (Å²) in [5, 5.41) is 2.67. The summed E-state index contributed by atoms with van der Waals surface area (Å²) >= 11 is 0. The van der Waals surface area contributed by atoms with Crippen molar-refractivity contribution in [1.29, 1.82) is 0 Å². The minimum Gasteiger partial charge on any atom is -0.352 e. The predicted molar refractivity (Wildman–Crippen MR) is 61.0 cm³/mol. The van der Waals surface area contributed by atoms with E-state index >= 15 is 0 Å². The Morgan fingerprint density at radius 2 is 1.94 bits per heavy atom. The Hall–Kier alpha value is -1.71. The number of hydrogen-bond acceptors (Lipinski definition) is 2. The number of nitrogens with one attached hydrogen (secondary N) is 1. The molecule has 0 aliphatic heterocycles. The van der Waals surface area contributed by atoms with Crippen LogP contribution in [0.4, 0.5) is 4.39 Å². The van der Waals surface area contributed by atoms with E-state index in [1.54, 1.807) is 19.9 Å². The summed E-state index contributed by atoms with van der Waals surface area (Å²) < 4.78 is 13.2. The van der Waals surface area contributed by atoms with Crippen LogP contribution in [0.3, 0.4) is 0 Å². The van der Waals surface area contributed by atoms with Crippen LogP contribution in [-0.4, -0.2) is 19.2 Å².